The van der Waals surface area contributed by atoms with E-state index in [0.717, 1.165) is 42.1 Å². The van der Waals surface area contributed by atoms with E-state index in [9.17, 15) is 4.79 Å². The lowest BCUT2D eigenvalue weighted by atomic mass is 10.00. The minimum Gasteiger partial charge on any atom is -0.480 e. The number of anilines is 2. The Kier molecular flexibility index (Phi) is 11.4. The summed E-state index contributed by atoms with van der Waals surface area (Å²) < 4.78 is 10.6. The first-order valence-corrected chi connectivity index (χ1v) is 14.7. The molecule has 0 aliphatic carbocycles. The van der Waals surface area contributed by atoms with Gasteiger partial charge in [-0.25, -0.2) is 4.79 Å². The third-order valence-electron chi connectivity index (χ3n) is 7.15. The van der Waals surface area contributed by atoms with Crippen molar-refractivity contribution in [2.75, 3.05) is 37.6 Å². The molecule has 0 saturated carbocycles. The number of nitrogens with zero attached hydrogens (tertiary/aromatic N) is 4. The van der Waals surface area contributed by atoms with E-state index in [1.54, 1.807) is 19.2 Å². The van der Waals surface area contributed by atoms with Crippen molar-refractivity contribution in [3.8, 4) is 5.88 Å². The van der Waals surface area contributed by atoms with E-state index >= 15 is 0 Å². The predicted molar refractivity (Wildman–Crippen MR) is 160 cm³/mol. The minimum atomic E-state index is -0.0645. The van der Waals surface area contributed by atoms with Crippen LogP contribution < -0.4 is 15.4 Å². The maximum atomic E-state index is 13.5. The van der Waals surface area contributed by atoms with Crippen LogP contribution in [-0.2, 0) is 10.7 Å². The molecule has 1 aliphatic heterocycles. The number of nitrogens with one attached hydrogen (secondary N) is 2. The minimum absolute atomic E-state index is 0.0645. The lowest BCUT2D eigenvalue weighted by Gasteiger charge is -2.40. The number of carbonyl (C=O) groups is 1. The van der Waals surface area contributed by atoms with Gasteiger partial charge in [-0.2, -0.15) is 0 Å². The Morgan fingerprint density at radius 3 is 2.48 bits per heavy atom. The molecule has 40 heavy (non-hydrogen) atoms. The molecule has 1 atom stereocenters. The number of methoxy groups -OCH3 is 1. The Morgan fingerprint density at radius 2 is 1.82 bits per heavy atom. The molecule has 1 unspecified atom stereocenters. The standard InChI is InChI=1S/C30H40N6O3S/c1-4-8-23(2)35-19-17-26(18-20-35)36(21-24-9-6-5-7-10-24)30(37)32-25-11-13-27(14-12-25)40-39-22-31-28-15-16-29(38-3)34-33-28/h5-7,9-16,23,26H,4,8,17-22H2,1-3H3,(H,31,33)(H,32,37). The third-order valence-corrected chi connectivity index (χ3v) is 7.85. The zero-order chi connectivity index (χ0) is 28.2. The van der Waals surface area contributed by atoms with Crippen molar-refractivity contribution >= 4 is 29.6 Å². The van der Waals surface area contributed by atoms with Gasteiger partial charge in [0.25, 0.3) is 0 Å². The Labute approximate surface area is 241 Å². The molecule has 2 amide bonds. The number of aromatic nitrogens is 2. The fraction of sp³-hybridized carbons (Fsp3) is 0.433. The van der Waals surface area contributed by atoms with E-state index < -0.39 is 0 Å². The molecule has 9 nitrogen and oxygen atoms in total. The van der Waals surface area contributed by atoms with Crippen LogP contribution in [0.2, 0.25) is 0 Å². The molecule has 0 radical (unpaired) electrons. The van der Waals surface area contributed by atoms with E-state index in [1.165, 1.54) is 24.9 Å². The first kappa shape index (κ1) is 29.6. The highest BCUT2D eigenvalue weighted by Crippen LogP contribution is 2.25. The average Bonchev–Trinajstić information content (AvgIpc) is 3.00. The van der Waals surface area contributed by atoms with Crippen LogP contribution in [0, 0.1) is 0 Å². The van der Waals surface area contributed by atoms with Crippen LogP contribution >= 0.6 is 12.0 Å². The molecule has 0 bridgehead atoms. The van der Waals surface area contributed by atoms with Gasteiger partial charge in [0.15, 0.2) is 5.82 Å². The first-order valence-electron chi connectivity index (χ1n) is 13.9. The van der Waals surface area contributed by atoms with Crippen molar-refractivity contribution in [1.29, 1.82) is 0 Å². The van der Waals surface area contributed by atoms with Crippen LogP contribution in [0.3, 0.4) is 0 Å². The number of hydrogen-bond acceptors (Lipinski definition) is 8. The molecular formula is C30H40N6O3S. The van der Waals surface area contributed by atoms with Crippen molar-refractivity contribution < 1.29 is 13.7 Å². The van der Waals surface area contributed by atoms with E-state index in [-0.39, 0.29) is 18.8 Å². The van der Waals surface area contributed by atoms with Crippen LogP contribution in [0.15, 0.2) is 71.6 Å². The Morgan fingerprint density at radius 1 is 1.07 bits per heavy atom. The monoisotopic (exact) mass is 564 g/mol. The molecule has 2 aromatic carbocycles. The molecule has 10 heteroatoms. The second kappa shape index (κ2) is 15.4. The van der Waals surface area contributed by atoms with Gasteiger partial charge in [0.2, 0.25) is 5.88 Å². The zero-order valence-corrected chi connectivity index (χ0v) is 24.4. The summed E-state index contributed by atoms with van der Waals surface area (Å²) in [6.45, 7) is 7.46. The number of piperidine rings is 1. The van der Waals surface area contributed by atoms with Crippen molar-refractivity contribution in [2.24, 2.45) is 0 Å². The summed E-state index contributed by atoms with van der Waals surface area (Å²) in [7, 11) is 1.55. The van der Waals surface area contributed by atoms with E-state index in [4.69, 9.17) is 8.92 Å². The van der Waals surface area contributed by atoms with Gasteiger partial charge >= 0.3 is 6.03 Å². The lowest BCUT2D eigenvalue weighted by Crippen LogP contribution is -2.50. The molecule has 214 valence electrons. The van der Waals surface area contributed by atoms with Gasteiger partial charge in [0, 0.05) is 60.4 Å². The maximum absolute atomic E-state index is 13.5. The number of rotatable bonds is 13. The number of hydrogen-bond donors (Lipinski definition) is 2. The summed E-state index contributed by atoms with van der Waals surface area (Å²) in [6.07, 6.45) is 4.38. The van der Waals surface area contributed by atoms with Gasteiger partial charge in [-0.1, -0.05) is 43.7 Å². The highest BCUT2D eigenvalue weighted by atomic mass is 32.2. The largest absolute Gasteiger partial charge is 0.480 e. The summed E-state index contributed by atoms with van der Waals surface area (Å²) >= 11 is 1.25. The number of ether oxygens (including phenoxy) is 1. The van der Waals surface area contributed by atoms with Crippen LogP contribution in [0.5, 0.6) is 5.88 Å². The molecule has 0 spiro atoms. The molecule has 2 N–H and O–H groups in total. The molecule has 1 saturated heterocycles. The molecule has 1 aromatic heterocycles. The highest BCUT2D eigenvalue weighted by molar-refractivity contribution is 7.94. The Bertz CT molecular complexity index is 1160. The van der Waals surface area contributed by atoms with Gasteiger partial charge in [-0.05, 0) is 62.1 Å². The maximum Gasteiger partial charge on any atom is 0.322 e. The van der Waals surface area contributed by atoms with Gasteiger partial charge < -0.3 is 25.2 Å². The number of benzene rings is 2. The van der Waals surface area contributed by atoms with Crippen LogP contribution in [0.4, 0.5) is 16.3 Å². The zero-order valence-electron chi connectivity index (χ0n) is 23.6. The fourth-order valence-corrected chi connectivity index (χ4v) is 5.40. The summed E-state index contributed by atoms with van der Waals surface area (Å²) in [6, 6.07) is 22.1. The quantitative estimate of drug-likeness (QED) is 0.143. The van der Waals surface area contributed by atoms with Crippen molar-refractivity contribution in [2.45, 2.75) is 63.1 Å². The van der Waals surface area contributed by atoms with Crippen LogP contribution in [0.1, 0.15) is 45.1 Å². The number of urea groups is 1. The Hall–Kier alpha value is -3.34. The second-order valence-corrected chi connectivity index (χ2v) is 10.8. The normalized spacial score (nSPS) is 14.9. The summed E-state index contributed by atoms with van der Waals surface area (Å²) in [5, 5.41) is 14.1. The van der Waals surface area contributed by atoms with E-state index in [2.05, 4.69) is 51.7 Å². The average molecular weight is 565 g/mol. The van der Waals surface area contributed by atoms with Gasteiger partial charge in [0.05, 0.1) is 7.11 Å². The van der Waals surface area contributed by atoms with Crippen LogP contribution in [0.25, 0.3) is 0 Å². The molecule has 3 aromatic rings. The predicted octanol–water partition coefficient (Wildman–Crippen LogP) is 6.27. The SMILES string of the molecule is CCCC(C)N1CCC(N(Cc2ccccc2)C(=O)Nc2ccc(SOCNc3ccc(OC)nn3)cc2)CC1. The molecule has 1 fully saturated rings. The lowest BCUT2D eigenvalue weighted by molar-refractivity contribution is 0.0989. The van der Waals surface area contributed by atoms with E-state index in [0.29, 0.717) is 24.3 Å². The number of carbonyl (C=O) groups excluding carboxylic acids is 1. The van der Waals surface area contributed by atoms with Gasteiger partial charge in [0.1, 0.15) is 6.73 Å². The first-order chi connectivity index (χ1) is 19.6. The summed E-state index contributed by atoms with van der Waals surface area (Å²) in [5.74, 6) is 1.05. The van der Waals surface area contributed by atoms with Crippen molar-refractivity contribution in [1.82, 2.24) is 20.0 Å². The summed E-state index contributed by atoms with van der Waals surface area (Å²) in [5.41, 5.74) is 1.89. The molecule has 1 aliphatic rings. The molecular weight excluding hydrogens is 524 g/mol. The number of amides is 2. The van der Waals surface area contributed by atoms with Crippen molar-refractivity contribution in [3.05, 3.63) is 72.3 Å². The van der Waals surface area contributed by atoms with Crippen molar-refractivity contribution in [3.63, 3.8) is 0 Å². The topological polar surface area (TPSA) is 91.9 Å². The molecule has 2 heterocycles. The molecule has 4 rings (SSSR count). The number of likely N-dealkylation sites (tertiary alicyclic amines) is 1. The Balaban J connectivity index is 1.30. The van der Waals surface area contributed by atoms with Gasteiger partial charge in [-0.15, -0.1) is 10.2 Å². The van der Waals surface area contributed by atoms with Crippen LogP contribution in [-0.4, -0.2) is 65.0 Å². The van der Waals surface area contributed by atoms with Gasteiger partial charge in [-0.3, -0.25) is 4.18 Å². The smallest absolute Gasteiger partial charge is 0.322 e. The summed E-state index contributed by atoms with van der Waals surface area (Å²) in [4.78, 5) is 19.1. The van der Waals surface area contributed by atoms with E-state index in [1.807, 2.05) is 47.4 Å². The third kappa shape index (κ3) is 8.84. The highest BCUT2D eigenvalue weighted by Gasteiger charge is 2.29. The fourth-order valence-electron chi connectivity index (χ4n) is 4.90. The second-order valence-electron chi connectivity index (χ2n) is 9.96.